The molecule has 0 radical (unpaired) electrons. The normalized spacial score (nSPS) is 34.0. The molecular weight excluding hydrogens is 430 g/mol. The van der Waals surface area contributed by atoms with E-state index in [-0.39, 0.29) is 16.8 Å². The highest BCUT2D eigenvalue weighted by Gasteiger charge is 2.53. The first-order valence-corrected chi connectivity index (χ1v) is 13.4. The molecule has 10 heteroatoms. The smallest absolute Gasteiger partial charge is 0.200 e. The highest BCUT2D eigenvalue weighted by molar-refractivity contribution is 8.99. The molecule has 0 amide bonds. The molecule has 0 bridgehead atoms. The van der Waals surface area contributed by atoms with Gasteiger partial charge in [-0.3, -0.25) is 0 Å². The van der Waals surface area contributed by atoms with Gasteiger partial charge in [-0.2, -0.15) is 0 Å². The third-order valence-corrected chi connectivity index (χ3v) is 13.8. The summed E-state index contributed by atoms with van der Waals surface area (Å²) >= 11 is 7.27. The zero-order chi connectivity index (χ0) is 19.4. The molecule has 1 unspecified atom stereocenters. The van der Waals surface area contributed by atoms with Crippen LogP contribution in [0.25, 0.3) is 0 Å². The van der Waals surface area contributed by atoms with Crippen molar-refractivity contribution in [3.05, 3.63) is 41.2 Å². The van der Waals surface area contributed by atoms with Crippen molar-refractivity contribution >= 4 is 39.2 Å². The fourth-order valence-electron chi connectivity index (χ4n) is 3.20. The molecular formula is C16H16F5OPS3. The van der Waals surface area contributed by atoms with Gasteiger partial charge < -0.3 is 4.52 Å². The lowest BCUT2D eigenvalue weighted by Gasteiger charge is -2.37. The molecule has 0 N–H and O–H groups in total. The molecule has 4 atom stereocenters. The third-order valence-electron chi connectivity index (χ3n) is 4.82. The minimum absolute atomic E-state index is 0.234. The Morgan fingerprint density at radius 1 is 1.19 bits per heavy atom. The van der Waals surface area contributed by atoms with Crippen molar-refractivity contribution in [3.63, 3.8) is 0 Å². The lowest BCUT2D eigenvalue weighted by Crippen LogP contribution is -2.39. The van der Waals surface area contributed by atoms with Crippen molar-refractivity contribution in [2.75, 3.05) is 0 Å². The molecule has 2 fully saturated rings. The Bertz CT molecular complexity index is 804. The van der Waals surface area contributed by atoms with Crippen LogP contribution in [0, 0.1) is 35.0 Å². The summed E-state index contributed by atoms with van der Waals surface area (Å²) in [5.74, 6) is -9.56. The van der Waals surface area contributed by atoms with Gasteiger partial charge in [-0.1, -0.05) is 23.5 Å². The topological polar surface area (TPSA) is 9.23 Å². The minimum atomic E-state index is -2.93. The second kappa shape index (κ2) is 7.07. The summed E-state index contributed by atoms with van der Waals surface area (Å²) in [6.07, 6.45) is 2.15. The van der Waals surface area contributed by atoms with Crippen molar-refractivity contribution in [2.45, 2.75) is 48.9 Å². The zero-order valence-corrected chi connectivity index (χ0v) is 17.3. The Morgan fingerprint density at radius 3 is 2.27 bits per heavy atom. The lowest BCUT2D eigenvalue weighted by molar-refractivity contribution is 0.129. The number of fused-ring (bicyclic) bond motifs is 1. The van der Waals surface area contributed by atoms with Gasteiger partial charge in [-0.05, 0) is 62.2 Å². The highest BCUT2D eigenvalue weighted by Crippen LogP contribution is 2.82. The minimum Gasteiger partial charge on any atom is -0.329 e. The largest absolute Gasteiger partial charge is 0.329 e. The van der Waals surface area contributed by atoms with E-state index in [2.05, 4.69) is 6.58 Å². The molecule has 1 aromatic carbocycles. The maximum atomic E-state index is 14.0. The maximum Gasteiger partial charge on any atom is 0.200 e. The molecule has 1 nitrogen and oxygen atoms in total. The van der Waals surface area contributed by atoms with Crippen LogP contribution in [0.15, 0.2) is 17.0 Å². The van der Waals surface area contributed by atoms with Gasteiger partial charge in [0.15, 0.2) is 27.9 Å². The first-order valence-electron chi connectivity index (χ1n) is 7.83. The van der Waals surface area contributed by atoms with Crippen LogP contribution >= 0.6 is 27.4 Å². The Labute approximate surface area is 161 Å². The summed E-state index contributed by atoms with van der Waals surface area (Å²) in [6.45, 7) is 7.88. The predicted octanol–water partition coefficient (Wildman–Crippen LogP) is 6.97. The molecule has 2 aliphatic rings. The Kier molecular flexibility index (Phi) is 5.61. The molecule has 1 aromatic rings. The molecule has 0 aromatic heterocycles. The van der Waals surface area contributed by atoms with E-state index in [0.717, 1.165) is 18.4 Å². The summed E-state index contributed by atoms with van der Waals surface area (Å²) in [5, 5.41) is 0. The predicted molar refractivity (Wildman–Crippen MR) is 99.4 cm³/mol. The molecule has 144 valence electrons. The van der Waals surface area contributed by atoms with E-state index in [1.807, 2.05) is 13.8 Å². The van der Waals surface area contributed by atoms with Crippen LogP contribution < -0.4 is 0 Å². The molecule has 1 saturated heterocycles. The highest BCUT2D eigenvalue weighted by atomic mass is 33.2. The second-order valence-corrected chi connectivity index (χ2v) is 17.4. The van der Waals surface area contributed by atoms with Gasteiger partial charge in [0.2, 0.25) is 5.82 Å². The van der Waals surface area contributed by atoms with E-state index in [0.29, 0.717) is 17.8 Å². The zero-order valence-electron chi connectivity index (χ0n) is 14.0. The van der Waals surface area contributed by atoms with Crippen LogP contribution in [-0.2, 0) is 16.3 Å². The van der Waals surface area contributed by atoms with Gasteiger partial charge in [0.1, 0.15) is 0 Å². The van der Waals surface area contributed by atoms with Crippen LogP contribution in [0.4, 0.5) is 22.0 Å². The van der Waals surface area contributed by atoms with Gasteiger partial charge in [-0.25, -0.2) is 22.0 Å². The Hall–Kier alpha value is -0.0800. The summed E-state index contributed by atoms with van der Waals surface area (Å²) in [7, 11) is 0. The van der Waals surface area contributed by atoms with E-state index < -0.39 is 38.7 Å². The van der Waals surface area contributed by atoms with Crippen molar-refractivity contribution in [1.29, 1.82) is 0 Å². The van der Waals surface area contributed by atoms with Gasteiger partial charge >= 0.3 is 0 Å². The number of rotatable bonds is 3. The number of allylic oxidation sites excluding steroid dienone is 1. The molecule has 1 aliphatic carbocycles. The second-order valence-electron chi connectivity index (χ2n) is 6.75. The number of hydrogen-bond acceptors (Lipinski definition) is 4. The van der Waals surface area contributed by atoms with E-state index in [9.17, 15) is 22.0 Å². The molecule has 26 heavy (non-hydrogen) atoms. The van der Waals surface area contributed by atoms with Crippen LogP contribution in [0.2, 0.25) is 0 Å². The Morgan fingerprint density at radius 2 is 1.73 bits per heavy atom. The van der Waals surface area contributed by atoms with E-state index in [1.165, 1.54) is 11.4 Å². The Balaban J connectivity index is 1.91. The number of hydrogen-bond donors (Lipinski definition) is 0. The molecule has 1 saturated carbocycles. The van der Waals surface area contributed by atoms with Crippen molar-refractivity contribution < 1.29 is 26.5 Å². The number of halogens is 5. The van der Waals surface area contributed by atoms with Crippen molar-refractivity contribution in [1.82, 2.24) is 0 Å². The van der Waals surface area contributed by atoms with Crippen molar-refractivity contribution in [3.8, 4) is 0 Å². The third kappa shape index (κ3) is 3.50. The SMILES string of the molecule is C=C(C)[C@H]1CC[C@@]2(C)S[P@@](=S)(Sc3c(F)c(F)c(F)c(F)c3F)OC2C1. The molecule has 3 rings (SSSR count). The fourth-order valence-corrected chi connectivity index (χ4v) is 14.9. The fraction of sp³-hybridized carbons (Fsp3) is 0.500. The quantitative estimate of drug-likeness (QED) is 0.163. The summed E-state index contributed by atoms with van der Waals surface area (Å²) < 4.78 is 70.9. The average Bonchev–Trinajstić information content (AvgIpc) is 2.84. The lowest BCUT2D eigenvalue weighted by atomic mass is 9.77. The van der Waals surface area contributed by atoms with Crippen LogP contribution in [0.5, 0.6) is 0 Å². The summed E-state index contributed by atoms with van der Waals surface area (Å²) in [4.78, 5) is -0.962. The summed E-state index contributed by atoms with van der Waals surface area (Å²) in [5.41, 5.74) is 1.04. The molecule has 1 heterocycles. The first-order chi connectivity index (χ1) is 12.0. The maximum absolute atomic E-state index is 14.0. The standard InChI is InChI=1S/C16H16F5OPS3/c1-7(2)8-4-5-16(3)9(6-8)22-23(24,26-16)25-15-13(20)11(18)10(17)12(19)14(15)21/h8-9H,1,4-6H2,2-3H3/t8-,9?,16+,23-/m0/s1. The van der Waals surface area contributed by atoms with Crippen molar-refractivity contribution in [2.24, 2.45) is 5.92 Å². The van der Waals surface area contributed by atoms with Crippen LogP contribution in [0.1, 0.15) is 33.1 Å². The van der Waals surface area contributed by atoms with Gasteiger partial charge in [0.05, 0.1) is 11.0 Å². The first kappa shape index (κ1) is 20.6. The summed E-state index contributed by atoms with van der Waals surface area (Å²) in [6, 6.07) is 0. The monoisotopic (exact) mass is 446 g/mol. The molecule has 0 spiro atoms. The van der Waals surface area contributed by atoms with E-state index in [4.69, 9.17) is 16.3 Å². The number of benzene rings is 1. The van der Waals surface area contributed by atoms with Crippen LogP contribution in [-0.4, -0.2) is 10.9 Å². The molecule has 1 aliphatic heterocycles. The van der Waals surface area contributed by atoms with Gasteiger partial charge in [0.25, 0.3) is 0 Å². The van der Waals surface area contributed by atoms with Gasteiger partial charge in [-0.15, -0.1) is 0 Å². The average molecular weight is 446 g/mol. The van der Waals surface area contributed by atoms with E-state index >= 15 is 0 Å². The van der Waals surface area contributed by atoms with Crippen LogP contribution in [0.3, 0.4) is 0 Å². The van der Waals surface area contributed by atoms with Gasteiger partial charge in [0, 0.05) is 4.75 Å². The van der Waals surface area contributed by atoms with E-state index in [1.54, 1.807) is 0 Å².